The van der Waals surface area contributed by atoms with Gasteiger partial charge in [-0.3, -0.25) is 0 Å². The molecule has 1 aromatic rings. The topological polar surface area (TPSA) is 29.5 Å². The molecular formula is C10H15O2PS2. The summed E-state index contributed by atoms with van der Waals surface area (Å²) in [6.45, 7) is 3.96. The molecule has 1 aromatic carbocycles. The zero-order valence-corrected chi connectivity index (χ0v) is 11.4. The van der Waals surface area contributed by atoms with Crippen LogP contribution < -0.4 is 0 Å². The highest BCUT2D eigenvalue weighted by Gasteiger charge is 2.16. The molecule has 0 aliphatic carbocycles. The average molecular weight is 262 g/mol. The van der Waals surface area contributed by atoms with Crippen molar-refractivity contribution in [3.8, 4) is 0 Å². The molecule has 0 aliphatic rings. The van der Waals surface area contributed by atoms with Crippen LogP contribution in [0, 0.1) is 0 Å². The van der Waals surface area contributed by atoms with Crippen molar-refractivity contribution in [1.82, 2.24) is 0 Å². The number of hydrogen-bond donors (Lipinski definition) is 2. The van der Waals surface area contributed by atoms with Crippen LogP contribution in [-0.2, 0) is 22.8 Å². The van der Waals surface area contributed by atoms with Crippen LogP contribution in [0.3, 0.4) is 0 Å². The maximum absolute atomic E-state index is 9.38. The molecule has 1 rings (SSSR count). The quantitative estimate of drug-likeness (QED) is 0.643. The van der Waals surface area contributed by atoms with E-state index in [1.807, 2.05) is 25.1 Å². The van der Waals surface area contributed by atoms with Crippen LogP contribution in [0.25, 0.3) is 0 Å². The van der Waals surface area contributed by atoms with Crippen LogP contribution in [0.1, 0.15) is 31.1 Å². The summed E-state index contributed by atoms with van der Waals surface area (Å²) in [7, 11) is 0. The normalized spacial score (nSPS) is 17.1. The number of rotatable bonds is 4. The van der Waals surface area contributed by atoms with Gasteiger partial charge in [-0.2, -0.15) is 0 Å². The zero-order valence-electron chi connectivity index (χ0n) is 8.75. The lowest BCUT2D eigenvalue weighted by Gasteiger charge is -2.19. The fourth-order valence-electron chi connectivity index (χ4n) is 1.52. The fraction of sp³-hybridized carbons (Fsp3) is 0.400. The second-order valence-electron chi connectivity index (χ2n) is 3.29. The van der Waals surface area contributed by atoms with Crippen molar-refractivity contribution in [2.75, 3.05) is 0 Å². The van der Waals surface area contributed by atoms with Gasteiger partial charge in [-0.15, -0.1) is 0 Å². The van der Waals surface area contributed by atoms with E-state index < -0.39 is 5.69 Å². The van der Waals surface area contributed by atoms with E-state index in [-0.39, 0.29) is 6.10 Å². The molecule has 0 heterocycles. The van der Waals surface area contributed by atoms with E-state index in [9.17, 15) is 4.89 Å². The Hall–Kier alpha value is 0.140. The van der Waals surface area contributed by atoms with Crippen molar-refractivity contribution >= 4 is 29.7 Å². The lowest BCUT2D eigenvalue weighted by molar-refractivity contribution is 0.232. The summed E-state index contributed by atoms with van der Waals surface area (Å²) >= 11 is 8.62. The van der Waals surface area contributed by atoms with Crippen LogP contribution in [-0.4, -0.2) is 4.89 Å². The Morgan fingerprint density at radius 2 is 2.13 bits per heavy atom. The largest absolute Gasteiger partial charge is 0.338 e. The van der Waals surface area contributed by atoms with Crippen molar-refractivity contribution in [3.63, 3.8) is 0 Å². The van der Waals surface area contributed by atoms with Gasteiger partial charge in [-0.25, -0.2) is 0 Å². The smallest absolute Gasteiger partial charge is 0.242 e. The van der Waals surface area contributed by atoms with E-state index in [0.29, 0.717) is 0 Å². The second-order valence-corrected chi connectivity index (χ2v) is 8.41. The first-order chi connectivity index (χ1) is 6.94. The second kappa shape index (κ2) is 5.46. The molecule has 0 aliphatic heterocycles. The summed E-state index contributed by atoms with van der Waals surface area (Å²) in [4.78, 5) is 9.38. The molecule has 0 radical (unpaired) electrons. The number of aryl methyl sites for hydroxylation is 1. The minimum atomic E-state index is -2.89. The summed E-state index contributed by atoms with van der Waals surface area (Å²) in [6, 6.07) is 7.98. The predicted molar refractivity (Wildman–Crippen MR) is 70.8 cm³/mol. The van der Waals surface area contributed by atoms with Gasteiger partial charge in [-0.1, -0.05) is 43.4 Å². The van der Waals surface area contributed by atoms with E-state index in [1.54, 1.807) is 0 Å². The molecule has 2 atom stereocenters. The number of hydrogen-bond acceptors (Lipinski definition) is 2. The van der Waals surface area contributed by atoms with Crippen LogP contribution in [0.2, 0.25) is 0 Å². The van der Waals surface area contributed by atoms with Gasteiger partial charge < -0.3 is 9.42 Å². The van der Waals surface area contributed by atoms with Crippen molar-refractivity contribution in [2.45, 2.75) is 26.4 Å². The Morgan fingerprint density at radius 3 is 2.67 bits per heavy atom. The molecule has 0 spiro atoms. The highest BCUT2D eigenvalue weighted by Crippen LogP contribution is 2.51. The average Bonchev–Trinajstić information content (AvgIpc) is 2.15. The number of thiol groups is 1. The molecule has 0 amide bonds. The van der Waals surface area contributed by atoms with Gasteiger partial charge >= 0.3 is 0 Å². The van der Waals surface area contributed by atoms with Crippen molar-refractivity contribution in [2.24, 2.45) is 0 Å². The summed E-state index contributed by atoms with van der Waals surface area (Å²) in [5.74, 6) is 0. The Morgan fingerprint density at radius 1 is 1.53 bits per heavy atom. The lowest BCUT2D eigenvalue weighted by atomic mass is 10.0. The Kier molecular flexibility index (Phi) is 4.81. The van der Waals surface area contributed by atoms with Gasteiger partial charge in [0.05, 0.1) is 6.10 Å². The van der Waals surface area contributed by atoms with Gasteiger partial charge in [0.1, 0.15) is 0 Å². The fourth-order valence-corrected chi connectivity index (χ4v) is 2.85. The van der Waals surface area contributed by atoms with Crippen LogP contribution >= 0.6 is 17.9 Å². The minimum absolute atomic E-state index is 0.213. The first-order valence-corrected chi connectivity index (χ1v) is 8.58. The Labute approximate surface area is 101 Å². The Bertz CT molecular complexity index is 375. The van der Waals surface area contributed by atoms with Crippen molar-refractivity contribution in [3.05, 3.63) is 35.4 Å². The van der Waals surface area contributed by atoms with E-state index in [2.05, 4.69) is 25.2 Å². The molecular weight excluding hydrogens is 247 g/mol. The van der Waals surface area contributed by atoms with Gasteiger partial charge in [0.2, 0.25) is 5.69 Å². The van der Waals surface area contributed by atoms with Gasteiger partial charge in [0, 0.05) is 0 Å². The molecule has 1 N–H and O–H groups in total. The van der Waals surface area contributed by atoms with Gasteiger partial charge in [0.25, 0.3) is 0 Å². The Balaban J connectivity index is 2.90. The molecule has 0 bridgehead atoms. The lowest BCUT2D eigenvalue weighted by Crippen LogP contribution is -2.00. The summed E-state index contributed by atoms with van der Waals surface area (Å²) in [5.41, 5.74) is -0.613. The first kappa shape index (κ1) is 13.2. The standard InChI is InChI=1S/C10H15O2PS2/c1-3-9-6-4-5-7-10(9)8(2)12-13(11,14)15/h4-8H,3H2,1-2H3,(H2,11,14,15). The van der Waals surface area contributed by atoms with Gasteiger partial charge in [0.15, 0.2) is 0 Å². The molecule has 5 heteroatoms. The number of benzene rings is 1. The maximum atomic E-state index is 9.38. The third kappa shape index (κ3) is 4.25. The van der Waals surface area contributed by atoms with Gasteiger partial charge in [-0.05, 0) is 36.3 Å². The summed E-state index contributed by atoms with van der Waals surface area (Å²) in [6.07, 6.45) is 0.722. The SMILES string of the molecule is CCc1ccccc1C(C)OP(O)(=S)S. The van der Waals surface area contributed by atoms with Crippen molar-refractivity contribution < 1.29 is 9.42 Å². The predicted octanol–water partition coefficient (Wildman–Crippen LogP) is 3.47. The molecule has 0 fully saturated rings. The zero-order chi connectivity index (χ0) is 11.5. The van der Waals surface area contributed by atoms with Crippen molar-refractivity contribution in [1.29, 1.82) is 0 Å². The third-order valence-electron chi connectivity index (χ3n) is 2.17. The molecule has 0 aromatic heterocycles. The highest BCUT2D eigenvalue weighted by atomic mass is 32.9. The molecule has 2 nitrogen and oxygen atoms in total. The monoisotopic (exact) mass is 262 g/mol. The van der Waals surface area contributed by atoms with Crippen LogP contribution in [0.5, 0.6) is 0 Å². The van der Waals surface area contributed by atoms with Crippen LogP contribution in [0.15, 0.2) is 24.3 Å². The maximum Gasteiger partial charge on any atom is 0.242 e. The first-order valence-electron chi connectivity index (χ1n) is 4.75. The third-order valence-corrected chi connectivity index (χ3v) is 3.30. The molecule has 84 valence electrons. The molecule has 15 heavy (non-hydrogen) atoms. The van der Waals surface area contributed by atoms with Crippen LogP contribution in [0.4, 0.5) is 0 Å². The van der Waals surface area contributed by atoms with E-state index in [4.69, 9.17) is 16.3 Å². The summed E-state index contributed by atoms with van der Waals surface area (Å²) in [5, 5.41) is 0. The van der Waals surface area contributed by atoms with E-state index in [1.165, 1.54) is 5.56 Å². The molecule has 0 saturated carbocycles. The molecule has 2 unspecified atom stereocenters. The minimum Gasteiger partial charge on any atom is -0.338 e. The van der Waals surface area contributed by atoms with E-state index >= 15 is 0 Å². The molecule has 0 saturated heterocycles. The summed E-state index contributed by atoms with van der Waals surface area (Å²) < 4.78 is 5.31. The van der Waals surface area contributed by atoms with E-state index in [0.717, 1.165) is 12.0 Å². The highest BCUT2D eigenvalue weighted by molar-refractivity contribution is 8.59.